The molecule has 1 unspecified atom stereocenters. The molecular weight excluding hydrogens is 374 g/mol. The molecule has 1 amide bonds. The van der Waals surface area contributed by atoms with Gasteiger partial charge in [-0.05, 0) is 0 Å². The predicted molar refractivity (Wildman–Crippen MR) is 87.5 cm³/mol. The molecule has 1 fully saturated rings. The van der Waals surface area contributed by atoms with E-state index in [1.165, 1.54) is 6.92 Å². The van der Waals surface area contributed by atoms with Gasteiger partial charge in [-0.2, -0.15) is 0 Å². The summed E-state index contributed by atoms with van der Waals surface area (Å²) in [6.45, 7) is 3.94. The second kappa shape index (κ2) is 15.9. The minimum Gasteiger partial charge on any atom is -0.481 e. The van der Waals surface area contributed by atoms with Crippen LogP contribution in [0.2, 0.25) is 0 Å². The topological polar surface area (TPSA) is 231 Å². The van der Waals surface area contributed by atoms with Gasteiger partial charge in [-0.15, -0.1) is 0 Å². The van der Waals surface area contributed by atoms with Crippen molar-refractivity contribution in [1.82, 2.24) is 5.32 Å². The SMILES string of the molecule is CC(=O)N[C@H]1C(O)O[C@H](CO)[C@H](O)[C@@H]1O.CC(=O)O.CC(=O)O.CC(=O)O. The fourth-order valence-corrected chi connectivity index (χ4v) is 1.49. The number of amides is 1. The fourth-order valence-electron chi connectivity index (χ4n) is 1.49. The van der Waals surface area contributed by atoms with Gasteiger partial charge in [-0.3, -0.25) is 19.2 Å². The summed E-state index contributed by atoms with van der Waals surface area (Å²) in [6.07, 6.45) is -5.24. The normalized spacial score (nSPS) is 25.7. The highest BCUT2D eigenvalue weighted by Crippen LogP contribution is 2.19. The van der Waals surface area contributed by atoms with Gasteiger partial charge >= 0.3 is 0 Å². The van der Waals surface area contributed by atoms with Gasteiger partial charge in [-0.25, -0.2) is 0 Å². The number of aliphatic carboxylic acids is 3. The first-order chi connectivity index (χ1) is 12.2. The lowest BCUT2D eigenvalue weighted by Gasteiger charge is -2.40. The van der Waals surface area contributed by atoms with Crippen molar-refractivity contribution >= 4 is 23.8 Å². The smallest absolute Gasteiger partial charge is 0.300 e. The average molecular weight is 401 g/mol. The van der Waals surface area contributed by atoms with Crippen LogP contribution in [0.3, 0.4) is 0 Å². The molecule has 0 bridgehead atoms. The molecular formula is C14H27NO12. The maximum atomic E-state index is 10.7. The Hall–Kier alpha value is -2.32. The summed E-state index contributed by atoms with van der Waals surface area (Å²) in [6, 6.07) is -1.10. The zero-order chi connectivity index (χ0) is 22.3. The Labute approximate surface area is 154 Å². The molecule has 0 spiro atoms. The van der Waals surface area contributed by atoms with Gasteiger partial charge in [0.05, 0.1) is 6.61 Å². The summed E-state index contributed by atoms with van der Waals surface area (Å²) in [7, 11) is 0. The standard InChI is InChI=1S/C8H15NO6.3C2H4O2/c1-3(11)9-5-7(13)6(12)4(2-10)15-8(5)14;3*1-2(3)4/h4-8,10,12-14H,2H2,1H3,(H,9,11);3*1H3,(H,3,4)/t4-,5-,6+,7-,8?;;;/m1.../s1. The number of hydrogen-bond donors (Lipinski definition) is 8. The summed E-state index contributed by atoms with van der Waals surface area (Å²) in [4.78, 5) is 37.7. The lowest BCUT2D eigenvalue weighted by molar-refractivity contribution is -0.253. The van der Waals surface area contributed by atoms with Crippen LogP contribution in [0, 0.1) is 0 Å². The van der Waals surface area contributed by atoms with Gasteiger partial charge in [0.2, 0.25) is 5.91 Å². The second-order valence-electron chi connectivity index (χ2n) is 5.01. The number of aliphatic hydroxyl groups excluding tert-OH is 4. The predicted octanol–water partition coefficient (Wildman–Crippen LogP) is -2.80. The molecule has 13 nitrogen and oxygen atoms in total. The summed E-state index contributed by atoms with van der Waals surface area (Å²) >= 11 is 0. The van der Waals surface area contributed by atoms with Crippen LogP contribution >= 0.6 is 0 Å². The number of carboxylic acids is 3. The van der Waals surface area contributed by atoms with Crippen molar-refractivity contribution in [2.24, 2.45) is 0 Å². The van der Waals surface area contributed by atoms with E-state index >= 15 is 0 Å². The van der Waals surface area contributed by atoms with E-state index in [0.29, 0.717) is 0 Å². The van der Waals surface area contributed by atoms with Gasteiger partial charge in [0.15, 0.2) is 6.29 Å². The second-order valence-corrected chi connectivity index (χ2v) is 5.01. The van der Waals surface area contributed by atoms with Gasteiger partial charge in [-0.1, -0.05) is 0 Å². The van der Waals surface area contributed by atoms with Crippen LogP contribution in [-0.2, 0) is 23.9 Å². The van der Waals surface area contributed by atoms with E-state index in [1.54, 1.807) is 0 Å². The van der Waals surface area contributed by atoms with Crippen LogP contribution in [0.25, 0.3) is 0 Å². The third kappa shape index (κ3) is 19.8. The molecule has 1 aliphatic heterocycles. The number of carboxylic acid groups (broad SMARTS) is 3. The molecule has 8 N–H and O–H groups in total. The van der Waals surface area contributed by atoms with Crippen molar-refractivity contribution in [2.75, 3.05) is 6.61 Å². The van der Waals surface area contributed by atoms with E-state index in [4.69, 9.17) is 39.5 Å². The molecule has 5 atom stereocenters. The Morgan fingerprint density at radius 3 is 1.41 bits per heavy atom. The van der Waals surface area contributed by atoms with E-state index < -0.39 is 61.1 Å². The molecule has 0 aromatic rings. The van der Waals surface area contributed by atoms with Crippen LogP contribution in [0.5, 0.6) is 0 Å². The molecule has 0 aromatic heterocycles. The van der Waals surface area contributed by atoms with Crippen LogP contribution in [-0.4, -0.2) is 96.8 Å². The van der Waals surface area contributed by atoms with E-state index in [2.05, 4.69) is 5.32 Å². The maximum absolute atomic E-state index is 10.7. The highest BCUT2D eigenvalue weighted by molar-refractivity contribution is 5.73. The highest BCUT2D eigenvalue weighted by Gasteiger charge is 2.43. The molecule has 160 valence electrons. The number of rotatable bonds is 2. The molecule has 0 aliphatic carbocycles. The van der Waals surface area contributed by atoms with Crippen molar-refractivity contribution in [3.8, 4) is 0 Å². The molecule has 1 aliphatic rings. The van der Waals surface area contributed by atoms with Crippen LogP contribution in [0.4, 0.5) is 0 Å². The van der Waals surface area contributed by atoms with E-state index in [0.717, 1.165) is 20.8 Å². The Balaban J connectivity index is -0.000000394. The first-order valence-electron chi connectivity index (χ1n) is 7.33. The molecule has 0 radical (unpaired) electrons. The monoisotopic (exact) mass is 401 g/mol. The molecule has 27 heavy (non-hydrogen) atoms. The summed E-state index contributed by atoms with van der Waals surface area (Å²) in [5.74, 6) is -2.96. The van der Waals surface area contributed by atoms with Crippen molar-refractivity contribution < 1.29 is 59.7 Å². The Morgan fingerprint density at radius 1 is 0.815 bits per heavy atom. The van der Waals surface area contributed by atoms with Gasteiger partial charge in [0.1, 0.15) is 24.4 Å². The molecule has 0 saturated carbocycles. The minimum absolute atomic E-state index is 0.462. The first kappa shape index (κ1) is 29.4. The third-order valence-corrected chi connectivity index (χ3v) is 2.27. The van der Waals surface area contributed by atoms with E-state index in [1.807, 2.05) is 0 Å². The van der Waals surface area contributed by atoms with Crippen molar-refractivity contribution in [1.29, 1.82) is 0 Å². The third-order valence-electron chi connectivity index (χ3n) is 2.27. The van der Waals surface area contributed by atoms with Crippen LogP contribution < -0.4 is 5.32 Å². The summed E-state index contributed by atoms with van der Waals surface area (Å²) in [5, 5.41) is 61.6. The number of ether oxygens (including phenoxy) is 1. The number of aliphatic hydroxyl groups is 4. The zero-order valence-corrected chi connectivity index (χ0v) is 15.3. The Morgan fingerprint density at radius 2 is 1.15 bits per heavy atom. The Kier molecular flexibility index (Phi) is 17.3. The molecule has 1 saturated heterocycles. The van der Waals surface area contributed by atoms with Crippen molar-refractivity contribution in [3.63, 3.8) is 0 Å². The minimum atomic E-state index is -1.45. The number of hydrogen-bond acceptors (Lipinski definition) is 9. The van der Waals surface area contributed by atoms with E-state index in [9.17, 15) is 20.1 Å². The van der Waals surface area contributed by atoms with Gasteiger partial charge in [0.25, 0.3) is 17.9 Å². The first-order valence-corrected chi connectivity index (χ1v) is 7.33. The maximum Gasteiger partial charge on any atom is 0.300 e. The molecule has 0 aromatic carbocycles. The van der Waals surface area contributed by atoms with Gasteiger partial charge < -0.3 is 45.8 Å². The summed E-state index contributed by atoms with van der Waals surface area (Å²) < 4.78 is 4.81. The average Bonchev–Trinajstić information content (AvgIpc) is 2.45. The molecule has 1 rings (SSSR count). The highest BCUT2D eigenvalue weighted by atomic mass is 16.6. The van der Waals surface area contributed by atoms with E-state index in [-0.39, 0.29) is 0 Å². The lowest BCUT2D eigenvalue weighted by Crippen LogP contribution is -2.63. The zero-order valence-electron chi connectivity index (χ0n) is 15.3. The number of carbonyl (C=O) groups is 4. The molecule has 1 heterocycles. The van der Waals surface area contributed by atoms with Crippen molar-refractivity contribution in [3.05, 3.63) is 0 Å². The van der Waals surface area contributed by atoms with Crippen LogP contribution in [0.1, 0.15) is 27.7 Å². The number of carbonyl (C=O) groups excluding carboxylic acids is 1. The quantitative estimate of drug-likeness (QED) is 0.234. The lowest BCUT2D eigenvalue weighted by atomic mass is 9.97. The summed E-state index contributed by atoms with van der Waals surface area (Å²) in [5.41, 5.74) is 0. The fraction of sp³-hybridized carbons (Fsp3) is 0.714. The van der Waals surface area contributed by atoms with Gasteiger partial charge in [0, 0.05) is 27.7 Å². The van der Waals surface area contributed by atoms with Crippen LogP contribution in [0.15, 0.2) is 0 Å². The van der Waals surface area contributed by atoms with Crippen molar-refractivity contribution in [2.45, 2.75) is 58.3 Å². The number of nitrogens with one attached hydrogen (secondary N) is 1. The Bertz CT molecular complexity index is 428. The largest absolute Gasteiger partial charge is 0.481 e. The molecule has 13 heteroatoms.